The minimum absolute atomic E-state index is 0. The van der Waals surface area contributed by atoms with E-state index < -0.39 is 0 Å². The van der Waals surface area contributed by atoms with Crippen LogP contribution in [-0.2, 0) is 9.47 Å². The van der Waals surface area contributed by atoms with Gasteiger partial charge >= 0.3 is 0 Å². The number of aliphatic imine (C=N–C) groups is 1. The summed E-state index contributed by atoms with van der Waals surface area (Å²) in [6.07, 6.45) is 4.03. The molecule has 2 fully saturated rings. The van der Waals surface area contributed by atoms with Gasteiger partial charge in [0.05, 0.1) is 24.8 Å². The van der Waals surface area contributed by atoms with Crippen LogP contribution in [0.25, 0.3) is 0 Å². The van der Waals surface area contributed by atoms with Gasteiger partial charge in [-0.2, -0.15) is 0 Å². The van der Waals surface area contributed by atoms with Crippen LogP contribution < -0.4 is 15.4 Å². The van der Waals surface area contributed by atoms with E-state index >= 15 is 0 Å². The number of benzene rings is 1. The molecule has 3 rings (SSSR count). The predicted molar refractivity (Wildman–Crippen MR) is 127 cm³/mol. The summed E-state index contributed by atoms with van der Waals surface area (Å²) >= 11 is 0. The molecular weight excluding hydrogens is 500 g/mol. The second kappa shape index (κ2) is 12.0. The van der Waals surface area contributed by atoms with E-state index in [-0.39, 0.29) is 41.4 Å². The predicted octanol–water partition coefficient (Wildman–Crippen LogP) is 4.04. The lowest BCUT2D eigenvalue weighted by atomic mass is 9.94. The van der Waals surface area contributed by atoms with Gasteiger partial charge in [0.25, 0.3) is 0 Å². The van der Waals surface area contributed by atoms with E-state index in [2.05, 4.69) is 10.6 Å². The topological polar surface area (TPSA) is 64.1 Å². The molecule has 1 saturated carbocycles. The quantitative estimate of drug-likeness (QED) is 0.284. The Kier molecular flexibility index (Phi) is 10.1. The van der Waals surface area contributed by atoms with Crippen molar-refractivity contribution in [1.82, 2.24) is 10.6 Å². The number of hydrogen-bond donors (Lipinski definition) is 2. The Balaban J connectivity index is 0.00000320. The monoisotopic (exact) mass is 535 g/mol. The third-order valence-corrected chi connectivity index (χ3v) is 5.69. The van der Waals surface area contributed by atoms with Gasteiger partial charge in [-0.05, 0) is 50.3 Å². The molecule has 8 heteroatoms. The van der Waals surface area contributed by atoms with Gasteiger partial charge in [-0.1, -0.05) is 6.07 Å². The summed E-state index contributed by atoms with van der Waals surface area (Å²) in [7, 11) is 1.74. The number of methoxy groups -OCH3 is 1. The van der Waals surface area contributed by atoms with E-state index in [1.807, 2.05) is 19.9 Å². The normalized spacial score (nSPS) is 19.5. The van der Waals surface area contributed by atoms with E-state index in [9.17, 15) is 4.39 Å². The first-order valence-electron chi connectivity index (χ1n) is 10.7. The molecule has 0 spiro atoms. The number of rotatable bonds is 9. The molecule has 2 aliphatic rings. The number of ether oxygens (including phenoxy) is 3. The maximum absolute atomic E-state index is 14.4. The van der Waals surface area contributed by atoms with E-state index in [0.29, 0.717) is 44.0 Å². The molecule has 6 nitrogen and oxygen atoms in total. The van der Waals surface area contributed by atoms with Crippen LogP contribution in [0.15, 0.2) is 23.2 Å². The molecule has 1 atom stereocenters. The fraction of sp³-hybridized carbons (Fsp3) is 0.682. The molecule has 170 valence electrons. The highest BCUT2D eigenvalue weighted by Gasteiger charge is 2.32. The largest absolute Gasteiger partial charge is 0.490 e. The van der Waals surface area contributed by atoms with Crippen LogP contribution in [0.4, 0.5) is 4.39 Å². The highest BCUT2D eigenvalue weighted by Crippen LogP contribution is 2.30. The van der Waals surface area contributed by atoms with Crippen LogP contribution in [0.3, 0.4) is 0 Å². The van der Waals surface area contributed by atoms with Crippen molar-refractivity contribution in [3.63, 3.8) is 0 Å². The SMILES string of the molecule is CCNC(=NCC1(OC)CCOCC1)NC(C)c1ccc(OCC2CC2)c(F)c1.I. The Labute approximate surface area is 196 Å². The summed E-state index contributed by atoms with van der Waals surface area (Å²) < 4.78 is 31.2. The average molecular weight is 535 g/mol. The zero-order chi connectivity index (χ0) is 20.7. The summed E-state index contributed by atoms with van der Waals surface area (Å²) in [6, 6.07) is 5.06. The number of nitrogens with one attached hydrogen (secondary N) is 2. The van der Waals surface area contributed by atoms with Crippen LogP contribution in [0, 0.1) is 11.7 Å². The Morgan fingerprint density at radius 1 is 1.33 bits per heavy atom. The summed E-state index contributed by atoms with van der Waals surface area (Å²) in [5.74, 6) is 1.30. The third kappa shape index (κ3) is 7.23. The number of hydrogen-bond acceptors (Lipinski definition) is 4. The molecule has 1 aliphatic heterocycles. The highest BCUT2D eigenvalue weighted by atomic mass is 127. The molecule has 1 aromatic carbocycles. The Bertz CT molecular complexity index is 694. The van der Waals surface area contributed by atoms with Gasteiger partial charge < -0.3 is 24.8 Å². The molecular formula is C22H35FIN3O3. The zero-order valence-corrected chi connectivity index (χ0v) is 20.5. The molecule has 1 heterocycles. The van der Waals surface area contributed by atoms with Crippen molar-refractivity contribution >= 4 is 29.9 Å². The first-order chi connectivity index (χ1) is 14.0. The lowest BCUT2D eigenvalue weighted by Gasteiger charge is -2.34. The van der Waals surface area contributed by atoms with Crippen LogP contribution >= 0.6 is 24.0 Å². The van der Waals surface area contributed by atoms with E-state index in [4.69, 9.17) is 19.2 Å². The van der Waals surface area contributed by atoms with Crippen molar-refractivity contribution in [3.8, 4) is 5.75 Å². The molecule has 2 N–H and O–H groups in total. The first-order valence-corrected chi connectivity index (χ1v) is 10.7. The maximum atomic E-state index is 14.4. The molecule has 0 aromatic heterocycles. The Hall–Kier alpha value is -1.13. The number of guanidine groups is 1. The molecule has 1 aliphatic carbocycles. The van der Waals surface area contributed by atoms with Crippen LogP contribution in [0.1, 0.15) is 51.1 Å². The lowest BCUT2D eigenvalue weighted by Crippen LogP contribution is -2.44. The summed E-state index contributed by atoms with van der Waals surface area (Å²) in [5.41, 5.74) is 0.565. The second-order valence-corrected chi connectivity index (χ2v) is 8.00. The zero-order valence-electron chi connectivity index (χ0n) is 18.2. The highest BCUT2D eigenvalue weighted by molar-refractivity contribution is 14.0. The standard InChI is InChI=1S/C22H34FN3O3.HI/c1-4-24-21(25-15-22(27-3)9-11-28-12-10-22)26-16(2)18-7-8-20(19(23)13-18)29-14-17-5-6-17;/h7-8,13,16-17H,4-6,9-12,14-15H2,1-3H3,(H2,24,25,26);1H. The molecule has 30 heavy (non-hydrogen) atoms. The van der Waals surface area contributed by atoms with Crippen molar-refractivity contribution in [2.45, 2.75) is 51.2 Å². The molecule has 0 bridgehead atoms. The van der Waals surface area contributed by atoms with Crippen molar-refractivity contribution in [1.29, 1.82) is 0 Å². The Morgan fingerprint density at radius 2 is 2.07 bits per heavy atom. The number of halogens is 2. The molecule has 1 saturated heterocycles. The van der Waals surface area contributed by atoms with Gasteiger partial charge in [-0.25, -0.2) is 4.39 Å². The summed E-state index contributed by atoms with van der Waals surface area (Å²) in [5, 5.41) is 6.63. The van der Waals surface area contributed by atoms with E-state index in [1.165, 1.54) is 12.8 Å². The fourth-order valence-corrected chi connectivity index (χ4v) is 3.40. The van der Waals surface area contributed by atoms with Crippen molar-refractivity contribution in [3.05, 3.63) is 29.6 Å². The van der Waals surface area contributed by atoms with E-state index in [0.717, 1.165) is 24.9 Å². The number of nitrogens with zero attached hydrogens (tertiary/aromatic N) is 1. The van der Waals surface area contributed by atoms with E-state index in [1.54, 1.807) is 19.2 Å². The maximum Gasteiger partial charge on any atom is 0.191 e. The van der Waals surface area contributed by atoms with Gasteiger partial charge in [-0.15, -0.1) is 24.0 Å². The van der Waals surface area contributed by atoms with Crippen LogP contribution in [0.5, 0.6) is 5.75 Å². The second-order valence-electron chi connectivity index (χ2n) is 8.00. The smallest absolute Gasteiger partial charge is 0.191 e. The van der Waals surface area contributed by atoms with Gasteiger partial charge in [0, 0.05) is 39.7 Å². The van der Waals surface area contributed by atoms with Gasteiger partial charge in [0.2, 0.25) is 0 Å². The van der Waals surface area contributed by atoms with Gasteiger partial charge in [-0.3, -0.25) is 4.99 Å². The molecule has 0 amide bonds. The third-order valence-electron chi connectivity index (χ3n) is 5.69. The fourth-order valence-electron chi connectivity index (χ4n) is 3.40. The van der Waals surface area contributed by atoms with Crippen LogP contribution in [0.2, 0.25) is 0 Å². The van der Waals surface area contributed by atoms with Crippen molar-refractivity contribution < 1.29 is 18.6 Å². The lowest BCUT2D eigenvalue weighted by molar-refractivity contribution is -0.0828. The van der Waals surface area contributed by atoms with Crippen molar-refractivity contribution in [2.24, 2.45) is 10.9 Å². The minimum atomic E-state index is -0.320. The first kappa shape index (κ1) is 25.1. The summed E-state index contributed by atoms with van der Waals surface area (Å²) in [4.78, 5) is 4.74. The molecule has 1 unspecified atom stereocenters. The van der Waals surface area contributed by atoms with Crippen molar-refractivity contribution in [2.75, 3.05) is 40.0 Å². The van der Waals surface area contributed by atoms with Gasteiger partial charge in [0.15, 0.2) is 17.5 Å². The van der Waals surface area contributed by atoms with Gasteiger partial charge in [0.1, 0.15) is 0 Å². The molecule has 0 radical (unpaired) electrons. The average Bonchev–Trinajstić information content (AvgIpc) is 3.56. The Morgan fingerprint density at radius 3 is 2.67 bits per heavy atom. The minimum Gasteiger partial charge on any atom is -0.490 e. The summed E-state index contributed by atoms with van der Waals surface area (Å²) in [6.45, 7) is 7.30. The van der Waals surface area contributed by atoms with Crippen LogP contribution in [-0.4, -0.2) is 51.6 Å². The molecule has 1 aromatic rings.